The van der Waals surface area contributed by atoms with Gasteiger partial charge in [0, 0.05) is 138 Å². The zero-order chi connectivity index (χ0) is 84.0. The SMILES string of the molecule is CNc1nccc(Sc2cnc(N3CCC4(CC3)Cc3ccccc3[C@H]4N)nn2)c1Cl.Cc1nc2c(s1)[C@@H](N)C1(CCN(c3ncc(Sc4ccnc(N)c4Cl)nn3)CC1)C2.Nc1nccc(Sc2cnc(N3CCC4(CC3)Cc3ccsc3[C@H]4N)nn2)c1Cl.[2H][C@@]1(N)c2ccccc2CC12CCN(c1ncc(Sc3ccnc(N)c3Cl)nn1)CC2. The van der Waals surface area contributed by atoms with Crippen molar-refractivity contribution in [2.24, 2.45) is 44.6 Å². The van der Waals surface area contributed by atoms with Crippen molar-refractivity contribution >= 4 is 163 Å². The van der Waals surface area contributed by atoms with Gasteiger partial charge in [-0.1, -0.05) is 142 Å². The number of nitrogens with two attached hydrogens (primary N) is 7. The summed E-state index contributed by atoms with van der Waals surface area (Å²) in [6.07, 6.45) is 25.2. The molecule has 15 N–H and O–H groups in total. The van der Waals surface area contributed by atoms with Crippen LogP contribution in [-0.2, 0) is 25.7 Å². The van der Waals surface area contributed by atoms with Crippen LogP contribution < -0.4 is 65.1 Å². The highest BCUT2D eigenvalue weighted by Gasteiger charge is 2.51. The molecule has 0 radical (unpaired) electrons. The number of hydrogen-bond acceptors (Lipinski definition) is 35. The lowest BCUT2D eigenvalue weighted by atomic mass is 9.73. The van der Waals surface area contributed by atoms with E-state index in [1.54, 1.807) is 97.5 Å². The number of nitrogens with zero attached hydrogens (tertiary/aromatic N) is 21. The molecule has 14 heterocycles. The lowest BCUT2D eigenvalue weighted by Crippen LogP contribution is -2.45. The third-order valence-electron chi connectivity index (χ3n) is 24.4. The highest BCUT2D eigenvalue weighted by molar-refractivity contribution is 8.00. The molecule has 620 valence electrons. The maximum atomic E-state index is 8.94. The summed E-state index contributed by atoms with van der Waals surface area (Å²) in [6.45, 7) is 8.82. The predicted molar refractivity (Wildman–Crippen MR) is 478 cm³/mol. The second kappa shape index (κ2) is 35.6. The molecule has 10 aromatic heterocycles. The van der Waals surface area contributed by atoms with Gasteiger partial charge in [-0.05, 0) is 169 Å². The number of benzene rings is 2. The van der Waals surface area contributed by atoms with Gasteiger partial charge < -0.3 is 65.1 Å². The smallest absolute Gasteiger partial charge is 0.245 e. The fourth-order valence-electron chi connectivity index (χ4n) is 17.6. The van der Waals surface area contributed by atoms with Gasteiger partial charge >= 0.3 is 0 Å². The molecule has 0 saturated carbocycles. The van der Waals surface area contributed by atoms with Crippen LogP contribution >= 0.6 is 116 Å². The Hall–Kier alpha value is -8.79. The summed E-state index contributed by atoms with van der Waals surface area (Å²) >= 11 is 34.0. The molecule has 4 spiro atoms. The molecule has 39 heteroatoms. The van der Waals surface area contributed by atoms with E-state index in [0.717, 1.165) is 160 Å². The zero-order valence-electron chi connectivity index (χ0n) is 66.5. The number of pyridine rings is 4. The summed E-state index contributed by atoms with van der Waals surface area (Å²) in [5.41, 5.74) is 51.5. The Kier molecular flexibility index (Phi) is 24.4. The van der Waals surface area contributed by atoms with Crippen LogP contribution in [0.25, 0.3) is 0 Å². The number of rotatable bonds is 13. The summed E-state index contributed by atoms with van der Waals surface area (Å²) < 4.78 is 8.94. The Bertz CT molecular complexity index is 5700. The Labute approximate surface area is 740 Å². The van der Waals surface area contributed by atoms with E-state index >= 15 is 0 Å². The molecule has 4 saturated heterocycles. The van der Waals surface area contributed by atoms with Crippen LogP contribution in [0.3, 0.4) is 0 Å². The fourth-order valence-corrected chi connectivity index (χ4v) is 23.7. The minimum absolute atomic E-state index is 0.0798. The Balaban J connectivity index is 0.000000115. The predicted octanol–water partition coefficient (Wildman–Crippen LogP) is 14.3. The van der Waals surface area contributed by atoms with Crippen molar-refractivity contribution in [3.8, 4) is 0 Å². The minimum atomic E-state index is -1.07. The van der Waals surface area contributed by atoms with Crippen molar-refractivity contribution < 1.29 is 1.37 Å². The zero-order valence-corrected chi connectivity index (χ0v) is 73.4. The summed E-state index contributed by atoms with van der Waals surface area (Å²) in [5.74, 6) is 4.07. The van der Waals surface area contributed by atoms with Crippen molar-refractivity contribution in [3.05, 3.63) is 202 Å². The molecular weight excluding hydrogens is 1710 g/mol. The highest BCUT2D eigenvalue weighted by Crippen LogP contribution is 2.56. The molecular formula is C81H87Cl4N29S6. The van der Waals surface area contributed by atoms with Crippen LogP contribution in [0.1, 0.15) is 125 Å². The lowest BCUT2D eigenvalue weighted by Gasteiger charge is -2.42. The number of fused-ring (bicyclic) bond motifs is 4. The molecule has 2 aromatic carbocycles. The van der Waals surface area contributed by atoms with E-state index in [-0.39, 0.29) is 45.6 Å². The Morgan fingerprint density at radius 3 is 1.17 bits per heavy atom. The van der Waals surface area contributed by atoms with E-state index in [4.69, 9.17) is 92.9 Å². The van der Waals surface area contributed by atoms with E-state index in [0.29, 0.717) is 81.4 Å². The maximum absolute atomic E-state index is 8.94. The van der Waals surface area contributed by atoms with Crippen molar-refractivity contribution in [2.75, 3.05) is 102 Å². The highest BCUT2D eigenvalue weighted by atomic mass is 35.5. The van der Waals surface area contributed by atoms with Crippen molar-refractivity contribution in [3.63, 3.8) is 0 Å². The molecule has 120 heavy (non-hydrogen) atoms. The first-order valence-electron chi connectivity index (χ1n) is 39.8. The fraction of sp³-hybridized carbons (Fsp3) is 0.370. The third-order valence-corrected chi connectivity index (χ3v) is 32.4. The quantitative estimate of drug-likeness (QED) is 0.0531. The van der Waals surface area contributed by atoms with Crippen molar-refractivity contribution in [1.82, 2.24) is 85.6 Å². The summed E-state index contributed by atoms with van der Waals surface area (Å²) in [6, 6.07) is 25.4. The third kappa shape index (κ3) is 17.1. The number of nitrogen functional groups attached to an aromatic ring is 3. The van der Waals surface area contributed by atoms with Gasteiger partial charge in [0.2, 0.25) is 23.8 Å². The second-order valence-corrected chi connectivity index (χ2v) is 39.1. The van der Waals surface area contributed by atoms with E-state index in [2.05, 4.69) is 154 Å². The standard InChI is InChI=1S/C22H24ClN7S.C21H22ClN7S.C19H21ClN8S2.C19H20ClN7S2/c1-25-20-18(23)16(6-9-26-20)31-17-13-27-21(29-28-17)30-10-7-22(8-11-30)12-14-4-2-3-5-15(14)19(22)24;22-17-15(5-8-25-19(17)24)30-16-12-26-20(28-27-16)29-9-6-21(7-10-29)11-13-3-1-2-4-14(13)18(21)23;1-10-25-11-8-19(16(21)15(11)29-10)3-6-28(7-4-19)18-24-9-13(26-27-18)30-12-2-5-23-17(22)14(12)20;20-14-12(1-5-23-17(14)22)29-13-10-24-18(26-25-13)27-6-3-19(4-7-27)9-11-2-8-28-15(11)16(19)21/h2-6,9,13,19H,7-8,10-12,24H2,1H3,(H,25,26);1-5,8,12,18H,6-7,9-11,23H2,(H2,24,25);2,5,9,16H,3-4,6-8,21H2,1H3,(H2,22,23);1-2,5,8,10,16H,3-4,6-7,9,21H2,(H2,22,23)/t19-;18-;2*16-/m1111/s1/i;18D;;. The first-order valence-corrected chi connectivity index (χ1v) is 45.7. The summed E-state index contributed by atoms with van der Waals surface area (Å²) in [5, 5.41) is 45.4. The van der Waals surface area contributed by atoms with E-state index in [1.807, 2.05) is 24.3 Å². The maximum Gasteiger partial charge on any atom is 0.245 e. The molecule has 29 nitrogen and oxygen atoms in total. The van der Waals surface area contributed by atoms with Crippen LogP contribution in [0.4, 0.5) is 47.1 Å². The number of anilines is 8. The molecule has 12 aromatic rings. The van der Waals surface area contributed by atoms with Crippen LogP contribution in [0.15, 0.2) is 174 Å². The van der Waals surface area contributed by atoms with Gasteiger partial charge in [0.1, 0.15) is 43.4 Å². The molecule has 4 fully saturated rings. The number of halogens is 4. The average molecular weight is 1800 g/mol. The molecule has 4 atom stereocenters. The van der Waals surface area contributed by atoms with Gasteiger partial charge in [-0.2, -0.15) is 0 Å². The molecule has 0 bridgehead atoms. The Morgan fingerprint density at radius 1 is 0.417 bits per heavy atom. The molecule has 4 aliphatic carbocycles. The topological polar surface area (TPSA) is 426 Å². The van der Waals surface area contributed by atoms with Gasteiger partial charge in [-0.3, -0.25) is 0 Å². The van der Waals surface area contributed by atoms with E-state index < -0.39 is 6.02 Å². The largest absolute Gasteiger partial charge is 0.382 e. The van der Waals surface area contributed by atoms with Crippen LogP contribution in [0.5, 0.6) is 0 Å². The molecule has 4 aliphatic heterocycles. The van der Waals surface area contributed by atoms with E-state index in [1.165, 1.54) is 84.7 Å². The average Bonchev–Trinajstić information content (AvgIpc) is 1.58. The van der Waals surface area contributed by atoms with Crippen molar-refractivity contribution in [1.29, 1.82) is 0 Å². The first kappa shape index (κ1) is 82.2. The van der Waals surface area contributed by atoms with Crippen LogP contribution in [0.2, 0.25) is 20.1 Å². The number of piperidine rings is 4. The first-order chi connectivity index (χ1) is 58.5. The molecule has 0 unspecified atom stereocenters. The van der Waals surface area contributed by atoms with Gasteiger partial charge in [0.25, 0.3) is 0 Å². The summed E-state index contributed by atoms with van der Waals surface area (Å²) in [7, 11) is 1.79. The molecule has 8 aliphatic rings. The Morgan fingerprint density at radius 2 is 0.775 bits per heavy atom. The second-order valence-electron chi connectivity index (χ2n) is 31.1. The number of aryl methyl sites for hydroxylation is 1. The molecule has 0 amide bonds. The number of nitrogens with one attached hydrogen (secondary N) is 1. The van der Waals surface area contributed by atoms with Gasteiger partial charge in [-0.15, -0.1) is 63.5 Å². The van der Waals surface area contributed by atoms with Crippen LogP contribution in [0, 0.1) is 28.6 Å². The van der Waals surface area contributed by atoms with Gasteiger partial charge in [-0.25, -0.2) is 44.9 Å². The van der Waals surface area contributed by atoms with Gasteiger partial charge in [0.15, 0.2) is 0 Å². The number of thiazole rings is 1. The van der Waals surface area contributed by atoms with E-state index in [9.17, 15) is 0 Å². The van der Waals surface area contributed by atoms with Gasteiger partial charge in [0.05, 0.1) is 57.0 Å². The number of aromatic nitrogens is 17. The van der Waals surface area contributed by atoms with Crippen LogP contribution in [-0.4, -0.2) is 145 Å². The summed E-state index contributed by atoms with van der Waals surface area (Å²) in [4.78, 5) is 53.4. The lowest BCUT2D eigenvalue weighted by molar-refractivity contribution is 0.186. The number of thiophene rings is 1. The molecule has 20 rings (SSSR count). The normalized spacial score (nSPS) is 20.6. The van der Waals surface area contributed by atoms with Crippen molar-refractivity contribution in [2.45, 2.75) is 148 Å². The monoisotopic (exact) mass is 1800 g/mol. The minimum Gasteiger partial charge on any atom is -0.382 e. The number of hydrogen-bond donors (Lipinski definition) is 8.